The number of likely N-dealkylation sites (tertiary alicyclic amines) is 1. The average Bonchev–Trinajstić information content (AvgIpc) is 2.96. The second-order valence-electron chi connectivity index (χ2n) is 7.58. The Hall–Kier alpha value is -1.30. The molecule has 1 saturated carbocycles. The molecule has 126 valence electrons. The van der Waals surface area contributed by atoms with E-state index in [0.717, 1.165) is 45.2 Å². The Morgan fingerprint density at radius 2 is 2.00 bits per heavy atom. The van der Waals surface area contributed by atoms with Gasteiger partial charge in [0.1, 0.15) is 5.60 Å². The molecule has 1 aliphatic heterocycles. The number of ether oxygens (including phenoxy) is 1. The fraction of sp³-hybridized carbons (Fsp3) is 0.875. The maximum absolute atomic E-state index is 11.8. The lowest BCUT2D eigenvalue weighted by Crippen LogP contribution is -2.42. The first-order chi connectivity index (χ1) is 10.2. The van der Waals surface area contributed by atoms with E-state index < -0.39 is 5.60 Å². The van der Waals surface area contributed by atoms with Crippen molar-refractivity contribution in [3.8, 4) is 0 Å². The first-order valence-corrected chi connectivity index (χ1v) is 8.27. The molecule has 3 atom stereocenters. The van der Waals surface area contributed by atoms with Crippen molar-refractivity contribution < 1.29 is 14.3 Å². The van der Waals surface area contributed by atoms with Crippen molar-refractivity contribution in [2.45, 2.75) is 70.6 Å². The van der Waals surface area contributed by atoms with Gasteiger partial charge in [0.05, 0.1) is 6.04 Å². The van der Waals surface area contributed by atoms with Crippen LogP contribution in [0.2, 0.25) is 0 Å². The summed E-state index contributed by atoms with van der Waals surface area (Å²) in [6.45, 7) is 7.44. The Morgan fingerprint density at radius 1 is 1.27 bits per heavy atom. The molecular weight excluding hydrogens is 282 g/mol. The zero-order chi connectivity index (χ0) is 16.3. The molecule has 0 radical (unpaired) electrons. The molecule has 1 saturated heterocycles. The fourth-order valence-electron chi connectivity index (χ4n) is 3.54. The molecule has 2 fully saturated rings. The first kappa shape index (κ1) is 17.1. The quantitative estimate of drug-likeness (QED) is 0.826. The molecule has 0 aromatic carbocycles. The van der Waals surface area contributed by atoms with Crippen LogP contribution >= 0.6 is 0 Å². The number of alkyl carbamates (subject to hydrolysis) is 1. The molecule has 0 aromatic rings. The van der Waals surface area contributed by atoms with Gasteiger partial charge in [-0.1, -0.05) is 0 Å². The number of amides is 2. The molecule has 22 heavy (non-hydrogen) atoms. The second-order valence-corrected chi connectivity index (χ2v) is 7.58. The molecule has 1 heterocycles. The summed E-state index contributed by atoms with van der Waals surface area (Å²) in [6.07, 6.45) is 4.57. The highest BCUT2D eigenvalue weighted by Gasteiger charge is 2.34. The van der Waals surface area contributed by atoms with Crippen LogP contribution in [-0.4, -0.2) is 47.7 Å². The van der Waals surface area contributed by atoms with E-state index in [1.165, 1.54) is 0 Å². The summed E-state index contributed by atoms with van der Waals surface area (Å²) in [7, 11) is 0. The monoisotopic (exact) mass is 311 g/mol. The van der Waals surface area contributed by atoms with Crippen molar-refractivity contribution >= 4 is 12.0 Å². The van der Waals surface area contributed by atoms with E-state index in [1.807, 2.05) is 20.8 Å². The molecule has 0 aromatic heterocycles. The largest absolute Gasteiger partial charge is 0.444 e. The number of rotatable bonds is 4. The number of nitrogens with zero attached hydrogens (tertiary/aromatic N) is 1. The molecule has 2 unspecified atom stereocenters. The molecule has 0 spiro atoms. The number of nitrogens with two attached hydrogens (primary N) is 1. The van der Waals surface area contributed by atoms with Gasteiger partial charge in [-0.2, -0.15) is 0 Å². The van der Waals surface area contributed by atoms with Gasteiger partial charge < -0.3 is 15.8 Å². The molecule has 6 heteroatoms. The Bertz CT molecular complexity index is 419. The standard InChI is InChI=1S/C16H29N3O3/c1-16(2,3)22-15(21)18-12-7-6-11(9-12)10-19-8-4-5-13(19)14(17)20/h11-13H,4-10H2,1-3H3,(H2,17,20)(H,18,21)/t11?,12?,13-/m0/s1. The van der Waals surface area contributed by atoms with Gasteiger partial charge in [-0.3, -0.25) is 9.69 Å². The van der Waals surface area contributed by atoms with E-state index in [4.69, 9.17) is 10.5 Å². The van der Waals surface area contributed by atoms with Gasteiger partial charge in [-0.15, -0.1) is 0 Å². The lowest BCUT2D eigenvalue weighted by atomic mass is 10.1. The first-order valence-electron chi connectivity index (χ1n) is 8.27. The summed E-state index contributed by atoms with van der Waals surface area (Å²) < 4.78 is 5.30. The summed E-state index contributed by atoms with van der Waals surface area (Å²) in [5, 5.41) is 2.95. The number of hydrogen-bond acceptors (Lipinski definition) is 4. The maximum Gasteiger partial charge on any atom is 0.407 e. The molecule has 3 N–H and O–H groups in total. The van der Waals surface area contributed by atoms with E-state index >= 15 is 0 Å². The summed E-state index contributed by atoms with van der Waals surface area (Å²) in [4.78, 5) is 25.4. The number of hydrogen-bond donors (Lipinski definition) is 2. The topological polar surface area (TPSA) is 84.7 Å². The predicted octanol–water partition coefficient (Wildman–Crippen LogP) is 1.63. The van der Waals surface area contributed by atoms with Crippen LogP contribution in [0.1, 0.15) is 52.9 Å². The Labute approximate surface area is 132 Å². The zero-order valence-corrected chi connectivity index (χ0v) is 13.9. The molecule has 1 aliphatic carbocycles. The molecule has 6 nitrogen and oxygen atoms in total. The van der Waals surface area contributed by atoms with Crippen LogP contribution < -0.4 is 11.1 Å². The van der Waals surface area contributed by atoms with E-state index in [-0.39, 0.29) is 24.1 Å². The minimum atomic E-state index is -0.466. The van der Waals surface area contributed by atoms with E-state index in [2.05, 4.69) is 10.2 Å². The van der Waals surface area contributed by atoms with Crippen LogP contribution in [0, 0.1) is 5.92 Å². The van der Waals surface area contributed by atoms with Crippen LogP contribution in [-0.2, 0) is 9.53 Å². The Morgan fingerprint density at radius 3 is 2.64 bits per heavy atom. The normalized spacial score (nSPS) is 29.5. The highest BCUT2D eigenvalue weighted by atomic mass is 16.6. The minimum absolute atomic E-state index is 0.0992. The molecule has 2 amide bonds. The van der Waals surface area contributed by atoms with Crippen molar-refractivity contribution in [3.05, 3.63) is 0 Å². The maximum atomic E-state index is 11.8. The Balaban J connectivity index is 1.76. The number of nitrogens with one attached hydrogen (secondary N) is 1. The van der Waals surface area contributed by atoms with Gasteiger partial charge in [0, 0.05) is 12.6 Å². The highest BCUT2D eigenvalue weighted by Crippen LogP contribution is 2.29. The third-order valence-electron chi connectivity index (χ3n) is 4.45. The van der Waals surface area contributed by atoms with Crippen molar-refractivity contribution in [1.82, 2.24) is 10.2 Å². The Kier molecular flexibility index (Phi) is 5.32. The number of primary amides is 1. The highest BCUT2D eigenvalue weighted by molar-refractivity contribution is 5.80. The summed E-state index contributed by atoms with van der Waals surface area (Å²) in [6, 6.07) is 0.0762. The van der Waals surface area contributed by atoms with E-state index in [0.29, 0.717) is 5.92 Å². The summed E-state index contributed by atoms with van der Waals surface area (Å²) >= 11 is 0. The molecule has 2 rings (SSSR count). The van der Waals surface area contributed by atoms with Gasteiger partial charge >= 0.3 is 6.09 Å². The molecule has 0 bridgehead atoms. The van der Waals surface area contributed by atoms with E-state index in [9.17, 15) is 9.59 Å². The third-order valence-corrected chi connectivity index (χ3v) is 4.45. The van der Waals surface area contributed by atoms with Crippen LogP contribution in [0.3, 0.4) is 0 Å². The van der Waals surface area contributed by atoms with Gasteiger partial charge in [-0.25, -0.2) is 4.79 Å². The van der Waals surface area contributed by atoms with Gasteiger partial charge in [0.25, 0.3) is 0 Å². The zero-order valence-electron chi connectivity index (χ0n) is 13.9. The average molecular weight is 311 g/mol. The minimum Gasteiger partial charge on any atom is -0.444 e. The second kappa shape index (κ2) is 6.86. The summed E-state index contributed by atoms with van der Waals surface area (Å²) in [5.74, 6) is 0.304. The van der Waals surface area contributed by atoms with Crippen LogP contribution in [0.15, 0.2) is 0 Å². The fourth-order valence-corrected chi connectivity index (χ4v) is 3.54. The SMILES string of the molecule is CC(C)(C)OC(=O)NC1CCC(CN2CCC[C@H]2C(N)=O)C1. The van der Waals surface area contributed by atoms with Crippen molar-refractivity contribution in [2.75, 3.05) is 13.1 Å². The lowest BCUT2D eigenvalue weighted by molar-refractivity contribution is -0.122. The van der Waals surface area contributed by atoms with Gasteiger partial charge in [0.2, 0.25) is 5.91 Å². The third kappa shape index (κ3) is 4.87. The van der Waals surface area contributed by atoms with Crippen LogP contribution in [0.25, 0.3) is 0 Å². The number of carbonyl (C=O) groups is 2. The van der Waals surface area contributed by atoms with Crippen LogP contribution in [0.5, 0.6) is 0 Å². The molecular formula is C16H29N3O3. The summed E-state index contributed by atoms with van der Waals surface area (Å²) in [5.41, 5.74) is 4.99. The molecule has 2 aliphatic rings. The van der Waals surface area contributed by atoms with Crippen molar-refractivity contribution in [2.24, 2.45) is 11.7 Å². The van der Waals surface area contributed by atoms with Crippen LogP contribution in [0.4, 0.5) is 4.79 Å². The predicted molar refractivity (Wildman–Crippen MR) is 84.3 cm³/mol. The van der Waals surface area contributed by atoms with Gasteiger partial charge in [-0.05, 0) is 65.3 Å². The lowest BCUT2D eigenvalue weighted by Gasteiger charge is -2.25. The smallest absolute Gasteiger partial charge is 0.407 e. The van der Waals surface area contributed by atoms with E-state index in [1.54, 1.807) is 0 Å². The van der Waals surface area contributed by atoms with Crippen molar-refractivity contribution in [1.29, 1.82) is 0 Å². The van der Waals surface area contributed by atoms with Gasteiger partial charge in [0.15, 0.2) is 0 Å². The van der Waals surface area contributed by atoms with Crippen molar-refractivity contribution in [3.63, 3.8) is 0 Å². The number of carbonyl (C=O) groups excluding carboxylic acids is 2.